The fraction of sp³-hybridized carbons (Fsp3) is 0.643. The van der Waals surface area contributed by atoms with Gasteiger partial charge in [-0.3, -0.25) is 4.79 Å². The molecule has 0 spiro atoms. The fourth-order valence-electron chi connectivity index (χ4n) is 2.37. The van der Waals surface area contributed by atoms with Crippen LogP contribution in [0.25, 0.3) is 0 Å². The predicted octanol–water partition coefficient (Wildman–Crippen LogP) is 2.03. The summed E-state index contributed by atoms with van der Waals surface area (Å²) in [4.78, 5) is 30.1. The maximum Gasteiger partial charge on any atom is 0.358 e. The molecule has 21 heavy (non-hydrogen) atoms. The number of methoxy groups -OCH3 is 1. The minimum absolute atomic E-state index is 0.107. The molecular formula is C14H21N3O3S. The van der Waals surface area contributed by atoms with Crippen molar-refractivity contribution in [3.8, 4) is 0 Å². The van der Waals surface area contributed by atoms with E-state index in [2.05, 4.69) is 19.9 Å². The second kappa shape index (κ2) is 7.51. The molecule has 0 aliphatic carbocycles. The van der Waals surface area contributed by atoms with Gasteiger partial charge in [0.1, 0.15) is 4.88 Å². The van der Waals surface area contributed by atoms with E-state index in [4.69, 9.17) is 0 Å². The molecule has 1 fully saturated rings. The molecule has 2 heterocycles. The number of carbonyl (C=O) groups is 2. The highest BCUT2D eigenvalue weighted by atomic mass is 32.1. The number of rotatable bonds is 6. The van der Waals surface area contributed by atoms with Gasteiger partial charge < -0.3 is 15.0 Å². The molecule has 6 nitrogen and oxygen atoms in total. The number of carbonyl (C=O) groups excluding carboxylic acids is 2. The van der Waals surface area contributed by atoms with Crippen LogP contribution < -0.4 is 5.32 Å². The molecule has 1 aliphatic rings. The summed E-state index contributed by atoms with van der Waals surface area (Å²) in [5.74, 6) is -0.738. The Morgan fingerprint density at radius 3 is 2.67 bits per heavy atom. The van der Waals surface area contributed by atoms with E-state index in [1.165, 1.54) is 44.6 Å². The van der Waals surface area contributed by atoms with Crippen LogP contribution in [0.1, 0.15) is 46.3 Å². The van der Waals surface area contributed by atoms with Crippen LogP contribution in [0.5, 0.6) is 0 Å². The number of piperidine rings is 1. The molecule has 0 saturated carbocycles. The summed E-state index contributed by atoms with van der Waals surface area (Å²) < 4.78 is 4.66. The molecule has 0 unspecified atom stereocenters. The van der Waals surface area contributed by atoms with Gasteiger partial charge in [-0.15, -0.1) is 0 Å². The van der Waals surface area contributed by atoms with E-state index in [0.717, 1.165) is 26.2 Å². The van der Waals surface area contributed by atoms with Crippen molar-refractivity contribution in [2.45, 2.75) is 26.2 Å². The lowest BCUT2D eigenvalue weighted by atomic mass is 10.1. The van der Waals surface area contributed by atoms with Gasteiger partial charge in [0.25, 0.3) is 0 Å². The van der Waals surface area contributed by atoms with Crippen molar-refractivity contribution in [1.29, 1.82) is 0 Å². The molecule has 7 heteroatoms. The van der Waals surface area contributed by atoms with Crippen LogP contribution in [-0.2, 0) is 4.74 Å². The number of likely N-dealkylation sites (tertiary alicyclic amines) is 1. The lowest BCUT2D eigenvalue weighted by Crippen LogP contribution is -2.33. The quantitative estimate of drug-likeness (QED) is 0.640. The molecule has 1 aromatic heterocycles. The molecule has 0 amide bonds. The molecular weight excluding hydrogens is 290 g/mol. The van der Waals surface area contributed by atoms with Gasteiger partial charge in [-0.05, 0) is 25.9 Å². The van der Waals surface area contributed by atoms with Crippen LogP contribution in [0.3, 0.4) is 0 Å². The number of ketones is 1. The number of Topliss-reactive ketones (excluding diaryl/α,β-unsaturated/α-hetero) is 1. The van der Waals surface area contributed by atoms with Gasteiger partial charge >= 0.3 is 5.97 Å². The third kappa shape index (κ3) is 4.25. The van der Waals surface area contributed by atoms with Crippen LogP contribution in [0, 0.1) is 0 Å². The van der Waals surface area contributed by atoms with Gasteiger partial charge in [0.05, 0.1) is 7.11 Å². The van der Waals surface area contributed by atoms with Crippen molar-refractivity contribution < 1.29 is 14.3 Å². The number of ether oxygens (including phenoxy) is 1. The lowest BCUT2D eigenvalue weighted by Gasteiger charge is -2.26. The maximum absolute atomic E-state index is 11.6. The van der Waals surface area contributed by atoms with Gasteiger partial charge in [0.2, 0.25) is 0 Å². The summed E-state index contributed by atoms with van der Waals surface area (Å²) >= 11 is 1.21. The maximum atomic E-state index is 11.6. The van der Waals surface area contributed by atoms with Crippen molar-refractivity contribution in [1.82, 2.24) is 9.88 Å². The van der Waals surface area contributed by atoms with Gasteiger partial charge in [-0.25, -0.2) is 9.78 Å². The first-order valence-corrected chi connectivity index (χ1v) is 7.99. The van der Waals surface area contributed by atoms with Crippen LogP contribution in [-0.4, -0.2) is 54.9 Å². The van der Waals surface area contributed by atoms with Crippen molar-refractivity contribution in [3.05, 3.63) is 10.6 Å². The monoisotopic (exact) mass is 311 g/mol. The molecule has 0 atom stereocenters. The Morgan fingerprint density at radius 2 is 2.05 bits per heavy atom. The molecule has 2 rings (SSSR count). The third-order valence-corrected chi connectivity index (χ3v) is 4.59. The van der Waals surface area contributed by atoms with Crippen LogP contribution in [0.2, 0.25) is 0 Å². The van der Waals surface area contributed by atoms with Crippen molar-refractivity contribution in [3.63, 3.8) is 0 Å². The van der Waals surface area contributed by atoms with E-state index < -0.39 is 5.97 Å². The first-order valence-electron chi connectivity index (χ1n) is 7.18. The van der Waals surface area contributed by atoms with Gasteiger partial charge in [0, 0.05) is 20.0 Å². The van der Waals surface area contributed by atoms with E-state index in [0.29, 0.717) is 10.0 Å². The average Bonchev–Trinajstić information content (AvgIpc) is 2.92. The Kier molecular flexibility index (Phi) is 5.69. The van der Waals surface area contributed by atoms with Crippen LogP contribution in [0.4, 0.5) is 5.13 Å². The molecule has 1 aromatic rings. The lowest BCUT2D eigenvalue weighted by molar-refractivity contribution is 0.0591. The van der Waals surface area contributed by atoms with Crippen molar-refractivity contribution in [2.24, 2.45) is 0 Å². The topological polar surface area (TPSA) is 71.5 Å². The molecule has 1 N–H and O–H groups in total. The van der Waals surface area contributed by atoms with E-state index >= 15 is 0 Å². The number of nitrogens with one attached hydrogen (secondary N) is 1. The Balaban J connectivity index is 1.93. The van der Waals surface area contributed by atoms with Crippen molar-refractivity contribution >= 4 is 28.2 Å². The van der Waals surface area contributed by atoms with E-state index in [9.17, 15) is 9.59 Å². The molecule has 0 aromatic carbocycles. The van der Waals surface area contributed by atoms with Crippen LogP contribution in [0.15, 0.2) is 0 Å². The minimum Gasteiger partial charge on any atom is -0.464 e. The predicted molar refractivity (Wildman–Crippen MR) is 82.2 cm³/mol. The summed E-state index contributed by atoms with van der Waals surface area (Å²) in [5, 5.41) is 3.79. The zero-order valence-corrected chi connectivity index (χ0v) is 13.3. The molecule has 0 radical (unpaired) electrons. The standard InChI is InChI=1S/C14H21N3O3S/c1-10(18)12-11(13(19)20-2)16-14(21-12)15-6-9-17-7-4-3-5-8-17/h3-9H2,1-2H3,(H,15,16). The summed E-state index contributed by atoms with van der Waals surface area (Å²) in [6.07, 6.45) is 3.84. The van der Waals surface area contributed by atoms with Gasteiger partial charge in [-0.1, -0.05) is 17.8 Å². The van der Waals surface area contributed by atoms with Crippen LogP contribution >= 0.6 is 11.3 Å². The molecule has 0 bridgehead atoms. The smallest absolute Gasteiger partial charge is 0.358 e. The molecule has 1 aliphatic heterocycles. The second-order valence-electron chi connectivity index (χ2n) is 5.07. The number of esters is 1. The SMILES string of the molecule is COC(=O)c1nc(NCCN2CCCCC2)sc1C(C)=O. The first kappa shape index (κ1) is 15.9. The molecule has 1 saturated heterocycles. The largest absolute Gasteiger partial charge is 0.464 e. The highest BCUT2D eigenvalue weighted by Gasteiger charge is 2.21. The summed E-state index contributed by atoms with van der Waals surface area (Å²) in [6.45, 7) is 5.42. The zero-order valence-electron chi connectivity index (χ0n) is 12.5. The van der Waals surface area contributed by atoms with Crippen molar-refractivity contribution in [2.75, 3.05) is 38.6 Å². The summed E-state index contributed by atoms with van der Waals surface area (Å²) in [7, 11) is 1.29. The Hall–Kier alpha value is -1.47. The molecule has 116 valence electrons. The average molecular weight is 311 g/mol. The normalized spacial score (nSPS) is 15.7. The Morgan fingerprint density at radius 1 is 1.33 bits per heavy atom. The number of thiazole rings is 1. The fourth-order valence-corrected chi connectivity index (χ4v) is 3.25. The highest BCUT2D eigenvalue weighted by Crippen LogP contribution is 2.24. The van der Waals surface area contributed by atoms with E-state index in [-0.39, 0.29) is 11.5 Å². The Labute approximate surface area is 128 Å². The first-order chi connectivity index (χ1) is 10.1. The number of hydrogen-bond donors (Lipinski definition) is 1. The Bertz CT molecular complexity index is 510. The van der Waals surface area contributed by atoms with E-state index in [1.807, 2.05) is 0 Å². The summed E-state index contributed by atoms with van der Waals surface area (Å²) in [5.41, 5.74) is 0.107. The number of nitrogens with zero attached hydrogens (tertiary/aromatic N) is 2. The minimum atomic E-state index is -0.569. The zero-order chi connectivity index (χ0) is 15.2. The number of anilines is 1. The number of hydrogen-bond acceptors (Lipinski definition) is 7. The third-order valence-electron chi connectivity index (χ3n) is 3.48. The van der Waals surface area contributed by atoms with Gasteiger partial charge in [0.15, 0.2) is 16.6 Å². The van der Waals surface area contributed by atoms with E-state index in [1.54, 1.807) is 0 Å². The van der Waals surface area contributed by atoms with Gasteiger partial charge in [-0.2, -0.15) is 0 Å². The number of aromatic nitrogens is 1. The summed E-state index contributed by atoms with van der Waals surface area (Å²) in [6, 6.07) is 0. The second-order valence-corrected chi connectivity index (χ2v) is 6.07. The highest BCUT2D eigenvalue weighted by molar-refractivity contribution is 7.17.